The van der Waals surface area contributed by atoms with Crippen LogP contribution in [-0.2, 0) is 0 Å². The summed E-state index contributed by atoms with van der Waals surface area (Å²) < 4.78 is 11.8. The summed E-state index contributed by atoms with van der Waals surface area (Å²) in [7, 11) is 1.65. The third kappa shape index (κ3) is 4.39. The lowest BCUT2D eigenvalue weighted by atomic mass is 9.97. The van der Waals surface area contributed by atoms with Crippen LogP contribution >= 0.6 is 0 Å². The van der Waals surface area contributed by atoms with Crippen LogP contribution in [-0.4, -0.2) is 23.3 Å². The van der Waals surface area contributed by atoms with Gasteiger partial charge in [0.15, 0.2) is 5.82 Å². The van der Waals surface area contributed by atoms with Crippen LogP contribution in [0, 0.1) is 0 Å². The maximum absolute atomic E-state index is 6.37. The molecule has 0 atom stereocenters. The summed E-state index contributed by atoms with van der Waals surface area (Å²) in [6.45, 7) is 0. The standard InChI is InChI=1S/C32H23N3O2/c1-36-27-15-9-8-14-26(27)20-33-31-29-28(24-12-6-3-7-13-24)30(37-32(29)35-21-34-31)25-18-16-23(17-19-25)22-10-4-2-5-11-22/h2-21H,1H3. The summed E-state index contributed by atoms with van der Waals surface area (Å²) in [5.41, 5.74) is 6.53. The van der Waals surface area contributed by atoms with Gasteiger partial charge in [-0.05, 0) is 28.8 Å². The maximum Gasteiger partial charge on any atom is 0.232 e. The second kappa shape index (κ2) is 9.91. The number of furan rings is 1. The molecule has 37 heavy (non-hydrogen) atoms. The molecule has 0 saturated heterocycles. The predicted octanol–water partition coefficient (Wildman–Crippen LogP) is 7.98. The average molecular weight is 482 g/mol. The highest BCUT2D eigenvalue weighted by Crippen LogP contribution is 2.43. The van der Waals surface area contributed by atoms with Gasteiger partial charge in [0.2, 0.25) is 5.71 Å². The van der Waals surface area contributed by atoms with Crippen molar-refractivity contribution in [3.63, 3.8) is 0 Å². The molecule has 5 heteroatoms. The number of hydrogen-bond donors (Lipinski definition) is 0. The smallest absolute Gasteiger partial charge is 0.232 e. The first-order valence-corrected chi connectivity index (χ1v) is 12.0. The Morgan fingerprint density at radius 3 is 2.03 bits per heavy atom. The Kier molecular flexibility index (Phi) is 6.01. The molecule has 6 rings (SSSR count). The molecule has 0 radical (unpaired) electrons. The van der Waals surface area contributed by atoms with Crippen LogP contribution < -0.4 is 4.74 Å². The van der Waals surface area contributed by atoms with Gasteiger partial charge in [0.1, 0.15) is 17.8 Å². The second-order valence-electron chi connectivity index (χ2n) is 8.49. The molecule has 0 bridgehead atoms. The van der Waals surface area contributed by atoms with E-state index in [0.29, 0.717) is 11.5 Å². The third-order valence-corrected chi connectivity index (χ3v) is 6.25. The van der Waals surface area contributed by atoms with Crippen molar-refractivity contribution in [3.05, 3.63) is 121 Å². The molecule has 2 aromatic heterocycles. The second-order valence-corrected chi connectivity index (χ2v) is 8.49. The molecule has 0 aliphatic carbocycles. The van der Waals surface area contributed by atoms with Crippen molar-refractivity contribution in [3.8, 4) is 39.3 Å². The van der Waals surface area contributed by atoms with Gasteiger partial charge in [0.05, 0.1) is 12.5 Å². The van der Waals surface area contributed by atoms with Gasteiger partial charge in [-0.25, -0.2) is 15.0 Å². The maximum atomic E-state index is 6.37. The minimum absolute atomic E-state index is 0.489. The summed E-state index contributed by atoms with van der Waals surface area (Å²) in [5.74, 6) is 2.01. The number of aliphatic imine (C=N–C) groups is 1. The van der Waals surface area contributed by atoms with Gasteiger partial charge in [-0.3, -0.25) is 0 Å². The van der Waals surface area contributed by atoms with E-state index in [4.69, 9.17) is 14.1 Å². The zero-order valence-electron chi connectivity index (χ0n) is 20.2. The first-order chi connectivity index (χ1) is 18.3. The van der Waals surface area contributed by atoms with Gasteiger partial charge in [0.25, 0.3) is 0 Å². The fourth-order valence-electron chi connectivity index (χ4n) is 4.45. The van der Waals surface area contributed by atoms with Gasteiger partial charge in [0, 0.05) is 22.9 Å². The van der Waals surface area contributed by atoms with E-state index >= 15 is 0 Å². The number of methoxy groups -OCH3 is 1. The van der Waals surface area contributed by atoms with E-state index in [0.717, 1.165) is 44.7 Å². The highest BCUT2D eigenvalue weighted by atomic mass is 16.5. The van der Waals surface area contributed by atoms with Gasteiger partial charge >= 0.3 is 0 Å². The fourth-order valence-corrected chi connectivity index (χ4v) is 4.45. The van der Waals surface area contributed by atoms with Gasteiger partial charge in [-0.1, -0.05) is 97.1 Å². The van der Waals surface area contributed by atoms with Crippen molar-refractivity contribution in [2.45, 2.75) is 0 Å². The number of fused-ring (bicyclic) bond motifs is 1. The van der Waals surface area contributed by atoms with Crippen molar-refractivity contribution in [2.24, 2.45) is 4.99 Å². The number of aromatic nitrogens is 2. The quantitative estimate of drug-likeness (QED) is 0.226. The highest BCUT2D eigenvalue weighted by Gasteiger charge is 2.22. The molecule has 4 aromatic carbocycles. The summed E-state index contributed by atoms with van der Waals surface area (Å²) in [5, 5.41) is 0.766. The molecule has 178 valence electrons. The predicted molar refractivity (Wildman–Crippen MR) is 148 cm³/mol. The van der Waals surface area contributed by atoms with Crippen molar-refractivity contribution in [1.82, 2.24) is 9.97 Å². The Hall–Kier alpha value is -5.03. The Morgan fingerprint density at radius 1 is 0.676 bits per heavy atom. The van der Waals surface area contributed by atoms with E-state index < -0.39 is 0 Å². The lowest BCUT2D eigenvalue weighted by Gasteiger charge is -2.06. The van der Waals surface area contributed by atoms with E-state index in [9.17, 15) is 0 Å². The molecule has 0 amide bonds. The molecule has 0 unspecified atom stereocenters. The third-order valence-electron chi connectivity index (χ3n) is 6.25. The molecule has 0 spiro atoms. The lowest BCUT2D eigenvalue weighted by molar-refractivity contribution is 0.414. The largest absolute Gasteiger partial charge is 0.496 e. The molecule has 0 aliphatic heterocycles. The molecule has 0 aliphatic rings. The van der Waals surface area contributed by atoms with Crippen LogP contribution in [0.3, 0.4) is 0 Å². The van der Waals surface area contributed by atoms with Gasteiger partial charge in [-0.2, -0.15) is 0 Å². The van der Waals surface area contributed by atoms with E-state index in [2.05, 4.69) is 58.5 Å². The summed E-state index contributed by atoms with van der Waals surface area (Å²) in [4.78, 5) is 13.7. The Morgan fingerprint density at radius 2 is 1.30 bits per heavy atom. The SMILES string of the molecule is COc1ccccc1C=Nc1ncnc2oc(-c3ccc(-c4ccccc4)cc3)c(-c3ccccc3)c12. The number of para-hydroxylation sites is 1. The van der Waals surface area contributed by atoms with Crippen LogP contribution in [0.25, 0.3) is 44.7 Å². The average Bonchev–Trinajstić information content (AvgIpc) is 3.37. The lowest BCUT2D eigenvalue weighted by Crippen LogP contribution is -1.90. The van der Waals surface area contributed by atoms with Crippen LogP contribution in [0.15, 0.2) is 125 Å². The molecular formula is C32H23N3O2. The van der Waals surface area contributed by atoms with Crippen LogP contribution in [0.5, 0.6) is 5.75 Å². The van der Waals surface area contributed by atoms with E-state index in [1.807, 2.05) is 60.7 Å². The van der Waals surface area contributed by atoms with Crippen molar-refractivity contribution < 1.29 is 9.15 Å². The van der Waals surface area contributed by atoms with E-state index in [1.54, 1.807) is 13.3 Å². The Labute approximate surface area is 214 Å². The number of ether oxygens (including phenoxy) is 1. The molecule has 2 heterocycles. The molecule has 0 fully saturated rings. The first-order valence-electron chi connectivity index (χ1n) is 12.0. The van der Waals surface area contributed by atoms with Crippen molar-refractivity contribution >= 4 is 23.1 Å². The monoisotopic (exact) mass is 481 g/mol. The zero-order valence-corrected chi connectivity index (χ0v) is 20.2. The molecule has 0 saturated carbocycles. The molecule has 0 N–H and O–H groups in total. The highest BCUT2D eigenvalue weighted by molar-refractivity contribution is 6.06. The molecular weight excluding hydrogens is 458 g/mol. The zero-order chi connectivity index (χ0) is 25.0. The molecule has 5 nitrogen and oxygen atoms in total. The topological polar surface area (TPSA) is 60.5 Å². The van der Waals surface area contributed by atoms with Crippen molar-refractivity contribution in [2.75, 3.05) is 7.11 Å². The fraction of sp³-hybridized carbons (Fsp3) is 0.0312. The number of nitrogens with zero attached hydrogens (tertiary/aromatic N) is 3. The minimum atomic E-state index is 0.489. The first kappa shape index (κ1) is 22.4. The minimum Gasteiger partial charge on any atom is -0.496 e. The van der Waals surface area contributed by atoms with Crippen LogP contribution in [0.4, 0.5) is 5.82 Å². The van der Waals surface area contributed by atoms with Crippen molar-refractivity contribution in [1.29, 1.82) is 0 Å². The van der Waals surface area contributed by atoms with E-state index in [-0.39, 0.29) is 0 Å². The Bertz CT molecular complexity index is 1690. The number of benzene rings is 4. The number of rotatable bonds is 6. The normalized spacial score (nSPS) is 11.3. The summed E-state index contributed by atoms with van der Waals surface area (Å²) in [6.07, 6.45) is 3.24. The van der Waals surface area contributed by atoms with Crippen LogP contribution in [0.2, 0.25) is 0 Å². The Balaban J connectivity index is 1.51. The van der Waals surface area contributed by atoms with E-state index in [1.165, 1.54) is 11.9 Å². The number of hydrogen-bond acceptors (Lipinski definition) is 5. The van der Waals surface area contributed by atoms with Gasteiger partial charge < -0.3 is 9.15 Å². The van der Waals surface area contributed by atoms with Gasteiger partial charge in [-0.15, -0.1) is 0 Å². The summed E-state index contributed by atoms with van der Waals surface area (Å²) >= 11 is 0. The summed E-state index contributed by atoms with van der Waals surface area (Å²) in [6, 6.07) is 36.6. The van der Waals surface area contributed by atoms with Crippen LogP contribution in [0.1, 0.15) is 5.56 Å². The molecule has 6 aromatic rings.